The highest BCUT2D eigenvalue weighted by molar-refractivity contribution is 6.32. The minimum absolute atomic E-state index is 0.157. The second-order valence-corrected chi connectivity index (χ2v) is 9.71. The second kappa shape index (κ2) is 10.6. The zero-order valence-corrected chi connectivity index (χ0v) is 22.6. The largest absolute Gasteiger partial charge is 0.490 e. The number of rotatable bonds is 7. The Hall–Kier alpha value is -3.74. The van der Waals surface area contributed by atoms with Crippen LogP contribution in [0.15, 0.2) is 77.5 Å². The average molecular weight is 550 g/mol. The molecule has 1 aliphatic carbocycles. The first kappa shape index (κ1) is 25.9. The van der Waals surface area contributed by atoms with Crippen LogP contribution < -0.4 is 14.8 Å². The number of methoxy groups -OCH3 is 1. The summed E-state index contributed by atoms with van der Waals surface area (Å²) >= 11 is 13.1. The molecular formula is C30H25Cl2NO5. The molecule has 2 aliphatic rings. The van der Waals surface area contributed by atoms with Crippen molar-refractivity contribution in [1.29, 1.82) is 0 Å². The number of carbonyl (C=O) groups excluding carboxylic acids is 2. The molecule has 0 aromatic heterocycles. The van der Waals surface area contributed by atoms with E-state index in [9.17, 15) is 9.59 Å². The van der Waals surface area contributed by atoms with Gasteiger partial charge < -0.3 is 19.5 Å². The highest BCUT2D eigenvalue weighted by Crippen LogP contribution is 2.49. The van der Waals surface area contributed by atoms with E-state index in [2.05, 4.69) is 5.32 Å². The summed E-state index contributed by atoms with van der Waals surface area (Å²) in [7, 11) is 1.32. The third kappa shape index (κ3) is 4.44. The molecule has 3 aromatic rings. The van der Waals surface area contributed by atoms with E-state index in [1.165, 1.54) is 7.11 Å². The molecule has 1 heterocycles. The molecule has 0 unspecified atom stereocenters. The summed E-state index contributed by atoms with van der Waals surface area (Å²) < 4.78 is 17.1. The van der Waals surface area contributed by atoms with Gasteiger partial charge in [-0.1, -0.05) is 65.7 Å². The van der Waals surface area contributed by atoms with Crippen molar-refractivity contribution < 1.29 is 23.8 Å². The van der Waals surface area contributed by atoms with E-state index in [1.807, 2.05) is 43.3 Å². The van der Waals surface area contributed by atoms with Gasteiger partial charge in [0.25, 0.3) is 0 Å². The highest BCUT2D eigenvalue weighted by atomic mass is 35.5. The van der Waals surface area contributed by atoms with E-state index in [1.54, 1.807) is 31.2 Å². The van der Waals surface area contributed by atoms with E-state index < -0.39 is 11.9 Å². The van der Waals surface area contributed by atoms with Gasteiger partial charge in [-0.2, -0.15) is 0 Å². The number of Topliss-reactive ketones (excluding diaryl/α,β-unsaturated/α-hetero) is 1. The van der Waals surface area contributed by atoms with Crippen LogP contribution in [0.5, 0.6) is 11.5 Å². The Morgan fingerprint density at radius 2 is 1.68 bits per heavy atom. The molecule has 38 heavy (non-hydrogen) atoms. The molecule has 0 spiro atoms. The predicted molar refractivity (Wildman–Crippen MR) is 147 cm³/mol. The van der Waals surface area contributed by atoms with Crippen LogP contribution in [-0.4, -0.2) is 25.5 Å². The van der Waals surface area contributed by atoms with Gasteiger partial charge in [0.1, 0.15) is 6.61 Å². The van der Waals surface area contributed by atoms with Gasteiger partial charge in [-0.05, 0) is 37.6 Å². The van der Waals surface area contributed by atoms with Crippen LogP contribution in [0.4, 0.5) is 0 Å². The van der Waals surface area contributed by atoms with Crippen molar-refractivity contribution in [3.63, 3.8) is 0 Å². The summed E-state index contributed by atoms with van der Waals surface area (Å²) in [5.74, 6) is -0.680. The van der Waals surface area contributed by atoms with Crippen molar-refractivity contribution >= 4 is 40.7 Å². The molecule has 0 saturated carbocycles. The smallest absolute Gasteiger partial charge is 0.336 e. The van der Waals surface area contributed by atoms with Crippen molar-refractivity contribution in [3.05, 3.63) is 110 Å². The van der Waals surface area contributed by atoms with Gasteiger partial charge in [0.15, 0.2) is 17.3 Å². The molecule has 6 nitrogen and oxygen atoms in total. The van der Waals surface area contributed by atoms with E-state index in [0.29, 0.717) is 56.8 Å². The normalized spacial score (nSPS) is 16.1. The summed E-state index contributed by atoms with van der Waals surface area (Å²) in [6.45, 7) is 4.18. The maximum atomic E-state index is 13.7. The molecule has 1 aliphatic heterocycles. The molecule has 194 valence electrons. The average Bonchev–Trinajstić information content (AvgIpc) is 3.19. The number of carbonyl (C=O) groups is 2. The lowest BCUT2D eigenvalue weighted by atomic mass is 9.79. The molecule has 1 N–H and O–H groups in total. The van der Waals surface area contributed by atoms with Crippen LogP contribution >= 0.6 is 23.2 Å². The SMILES string of the molecule is CCOc1cc([C@H]2C(C(=O)OC)=C(C)NC3=C2C(=O)c2ccccc23)cc(Cl)c1OCc1ccccc1Cl. The fourth-order valence-corrected chi connectivity index (χ4v) is 5.43. The monoisotopic (exact) mass is 549 g/mol. The van der Waals surface area contributed by atoms with Crippen LogP contribution in [0.2, 0.25) is 10.0 Å². The summed E-state index contributed by atoms with van der Waals surface area (Å²) in [5, 5.41) is 4.14. The first-order chi connectivity index (χ1) is 18.3. The minimum Gasteiger partial charge on any atom is -0.490 e. The van der Waals surface area contributed by atoms with E-state index in [-0.39, 0.29) is 17.4 Å². The number of allylic oxidation sites excluding steroid dienone is 2. The second-order valence-electron chi connectivity index (χ2n) is 8.89. The molecule has 0 radical (unpaired) electrons. The van der Waals surface area contributed by atoms with Crippen molar-refractivity contribution in [2.24, 2.45) is 0 Å². The van der Waals surface area contributed by atoms with Crippen LogP contribution in [-0.2, 0) is 16.1 Å². The highest BCUT2D eigenvalue weighted by Gasteiger charge is 2.43. The van der Waals surface area contributed by atoms with Crippen molar-refractivity contribution in [3.8, 4) is 11.5 Å². The zero-order valence-electron chi connectivity index (χ0n) is 21.1. The Kier molecular flexibility index (Phi) is 7.19. The zero-order chi connectivity index (χ0) is 27.0. The number of hydrogen-bond acceptors (Lipinski definition) is 6. The summed E-state index contributed by atoms with van der Waals surface area (Å²) in [6.07, 6.45) is 0. The van der Waals surface area contributed by atoms with Gasteiger partial charge in [0.05, 0.1) is 30.0 Å². The quantitative estimate of drug-likeness (QED) is 0.330. The summed E-state index contributed by atoms with van der Waals surface area (Å²) in [5.41, 5.74) is 4.83. The number of nitrogens with one attached hydrogen (secondary N) is 1. The number of halogens is 2. The summed E-state index contributed by atoms with van der Waals surface area (Å²) in [4.78, 5) is 26.7. The van der Waals surface area contributed by atoms with Gasteiger partial charge >= 0.3 is 5.97 Å². The van der Waals surface area contributed by atoms with Crippen LogP contribution in [0.1, 0.15) is 46.8 Å². The lowest BCUT2D eigenvalue weighted by molar-refractivity contribution is -0.136. The van der Waals surface area contributed by atoms with Gasteiger partial charge in [-0.25, -0.2) is 4.79 Å². The molecule has 8 heteroatoms. The number of hydrogen-bond donors (Lipinski definition) is 1. The maximum absolute atomic E-state index is 13.7. The number of ketones is 1. The van der Waals surface area contributed by atoms with Crippen LogP contribution in [0.3, 0.4) is 0 Å². The summed E-state index contributed by atoms with van der Waals surface area (Å²) in [6, 6.07) is 18.2. The molecule has 3 aromatic carbocycles. The van der Waals surface area contributed by atoms with Crippen molar-refractivity contribution in [1.82, 2.24) is 5.32 Å². The lowest BCUT2D eigenvalue weighted by Gasteiger charge is -2.29. The van der Waals surface area contributed by atoms with Gasteiger partial charge in [0, 0.05) is 38.9 Å². The Bertz CT molecular complexity index is 1520. The predicted octanol–water partition coefficient (Wildman–Crippen LogP) is 6.71. The fraction of sp³-hybridized carbons (Fsp3) is 0.200. The first-order valence-corrected chi connectivity index (χ1v) is 12.9. The maximum Gasteiger partial charge on any atom is 0.336 e. The molecule has 0 fully saturated rings. The van der Waals surface area contributed by atoms with E-state index in [0.717, 1.165) is 11.1 Å². The van der Waals surface area contributed by atoms with E-state index >= 15 is 0 Å². The third-order valence-corrected chi connectivity index (χ3v) is 7.30. The molecule has 0 bridgehead atoms. The van der Waals surface area contributed by atoms with E-state index in [4.69, 9.17) is 37.4 Å². The molecule has 0 saturated heterocycles. The topological polar surface area (TPSA) is 73.9 Å². The number of dihydropyridines is 1. The molecular weight excluding hydrogens is 525 g/mol. The third-order valence-electron chi connectivity index (χ3n) is 6.65. The van der Waals surface area contributed by atoms with Crippen molar-refractivity contribution in [2.75, 3.05) is 13.7 Å². The lowest BCUT2D eigenvalue weighted by Crippen LogP contribution is -2.29. The van der Waals surface area contributed by atoms with Crippen molar-refractivity contribution in [2.45, 2.75) is 26.4 Å². The number of benzene rings is 3. The molecule has 5 rings (SSSR count). The van der Waals surface area contributed by atoms with Crippen LogP contribution in [0, 0.1) is 0 Å². The molecule has 1 atom stereocenters. The van der Waals surface area contributed by atoms with Crippen LogP contribution in [0.25, 0.3) is 5.70 Å². The Labute approximate surface area is 230 Å². The van der Waals surface area contributed by atoms with Gasteiger partial charge in [-0.15, -0.1) is 0 Å². The molecule has 0 amide bonds. The number of fused-ring (bicyclic) bond motifs is 2. The Balaban J connectivity index is 1.63. The first-order valence-electron chi connectivity index (χ1n) is 12.1. The fourth-order valence-electron chi connectivity index (χ4n) is 4.97. The van der Waals surface area contributed by atoms with Gasteiger partial charge in [0.2, 0.25) is 0 Å². The number of ether oxygens (including phenoxy) is 3. The standard InChI is InChI=1S/C30H25Cl2NO5/c1-4-37-23-14-18(13-22(32)29(23)38-15-17-9-5-8-12-21(17)31)25-24(30(35)36-3)16(2)33-27-19-10-6-7-11-20(19)28(34)26(25)27/h5-14,25,33H,4,15H2,1-3H3/t25-/m0/s1. The number of esters is 1. The Morgan fingerprint density at radius 1 is 0.974 bits per heavy atom. The van der Waals surface area contributed by atoms with Gasteiger partial charge in [-0.3, -0.25) is 4.79 Å². The minimum atomic E-state index is -0.729. The Morgan fingerprint density at radius 3 is 2.39 bits per heavy atom.